The third kappa shape index (κ3) is 5.34. The molecule has 0 atom stereocenters. The maximum Gasteiger partial charge on any atom is 0.246 e. The molecule has 0 aromatic heterocycles. The highest BCUT2D eigenvalue weighted by Gasteiger charge is 2.05. The summed E-state index contributed by atoms with van der Waals surface area (Å²) in [6.45, 7) is 6.56. The molecule has 1 heterocycles. The van der Waals surface area contributed by atoms with Gasteiger partial charge in [0.05, 0.1) is 6.61 Å². The minimum absolute atomic E-state index is 0.0729. The molecule has 0 saturated heterocycles. The fraction of sp³-hybridized carbons (Fsp3) is 0.545. The maximum absolute atomic E-state index is 11.2. The molecule has 84 valence electrons. The second kappa shape index (κ2) is 7.20. The lowest BCUT2D eigenvalue weighted by molar-refractivity contribution is -0.125. The highest BCUT2D eigenvalue weighted by Crippen LogP contribution is 2.01. The van der Waals surface area contributed by atoms with Gasteiger partial charge in [-0.1, -0.05) is 17.7 Å². The van der Waals surface area contributed by atoms with Gasteiger partial charge in [0.2, 0.25) is 5.91 Å². The van der Waals surface area contributed by atoms with Gasteiger partial charge in [-0.15, -0.1) is 6.58 Å². The van der Waals surface area contributed by atoms with Gasteiger partial charge in [-0.25, -0.2) is 0 Å². The van der Waals surface area contributed by atoms with E-state index < -0.39 is 0 Å². The van der Waals surface area contributed by atoms with Crippen LogP contribution in [0.2, 0.25) is 0 Å². The normalized spacial score (nSPS) is 15.6. The molecule has 0 aliphatic carbocycles. The second-order valence-corrected chi connectivity index (χ2v) is 3.40. The summed E-state index contributed by atoms with van der Waals surface area (Å²) < 4.78 is 5.02. The van der Waals surface area contributed by atoms with Crippen LogP contribution in [0.3, 0.4) is 0 Å². The zero-order valence-corrected chi connectivity index (χ0v) is 8.92. The van der Waals surface area contributed by atoms with E-state index in [0.717, 1.165) is 19.5 Å². The molecule has 15 heavy (non-hydrogen) atoms. The zero-order chi connectivity index (χ0) is 10.9. The van der Waals surface area contributed by atoms with Crippen LogP contribution in [-0.4, -0.2) is 38.8 Å². The van der Waals surface area contributed by atoms with Crippen molar-refractivity contribution in [2.45, 2.75) is 6.42 Å². The average molecular weight is 210 g/mol. The molecule has 0 radical (unpaired) electrons. The first kappa shape index (κ1) is 11.9. The van der Waals surface area contributed by atoms with Gasteiger partial charge in [-0.2, -0.15) is 0 Å². The molecule has 1 amide bonds. The Hall–Kier alpha value is -1.13. The van der Waals surface area contributed by atoms with Crippen LogP contribution >= 0.6 is 0 Å². The predicted molar refractivity (Wildman–Crippen MR) is 59.6 cm³/mol. The van der Waals surface area contributed by atoms with Crippen molar-refractivity contribution in [2.24, 2.45) is 0 Å². The average Bonchev–Trinajstić information content (AvgIpc) is 2.28. The lowest BCUT2D eigenvalue weighted by atomic mass is 10.1. The second-order valence-electron chi connectivity index (χ2n) is 3.40. The zero-order valence-electron chi connectivity index (χ0n) is 8.92. The largest absolute Gasteiger partial charge is 0.368 e. The number of hydrogen-bond acceptors (Lipinski definition) is 3. The first-order valence-electron chi connectivity index (χ1n) is 5.17. The van der Waals surface area contributed by atoms with Gasteiger partial charge in [0.25, 0.3) is 0 Å². The molecule has 0 bridgehead atoms. The number of rotatable bonds is 6. The van der Waals surface area contributed by atoms with Crippen LogP contribution in [0.15, 0.2) is 24.3 Å². The number of ether oxygens (including phenoxy) is 1. The molecule has 1 aliphatic heterocycles. The van der Waals surface area contributed by atoms with E-state index >= 15 is 0 Å². The number of carbonyl (C=O) groups excluding carboxylic acids is 1. The quantitative estimate of drug-likeness (QED) is 0.487. The molecule has 1 rings (SSSR count). The van der Waals surface area contributed by atoms with Crippen LogP contribution in [0.4, 0.5) is 0 Å². The number of nitrogens with one attached hydrogen (secondary N) is 2. The van der Waals surface area contributed by atoms with Crippen LogP contribution in [0.25, 0.3) is 0 Å². The Morgan fingerprint density at radius 2 is 2.60 bits per heavy atom. The topological polar surface area (TPSA) is 50.4 Å². The minimum atomic E-state index is -0.0729. The molecule has 0 saturated carbocycles. The van der Waals surface area contributed by atoms with E-state index in [-0.39, 0.29) is 12.5 Å². The Morgan fingerprint density at radius 1 is 1.73 bits per heavy atom. The highest BCUT2D eigenvalue weighted by molar-refractivity contribution is 5.77. The van der Waals surface area contributed by atoms with Crippen molar-refractivity contribution in [2.75, 3.05) is 32.8 Å². The Labute approximate surface area is 90.4 Å². The molecule has 0 aromatic carbocycles. The van der Waals surface area contributed by atoms with Gasteiger partial charge in [0.1, 0.15) is 6.61 Å². The van der Waals surface area contributed by atoms with Gasteiger partial charge in [0.15, 0.2) is 0 Å². The summed E-state index contributed by atoms with van der Waals surface area (Å²) in [7, 11) is 0. The standard InChI is InChI=1S/C11H18N2O2/c1-2-7-15-9-11(14)13-8-10-3-5-12-6-4-10/h2-3,12H,1,4-9H2,(H,13,14). The number of hydrogen-bond donors (Lipinski definition) is 2. The summed E-state index contributed by atoms with van der Waals surface area (Å²) in [5, 5.41) is 6.04. The van der Waals surface area contributed by atoms with Crippen molar-refractivity contribution in [1.29, 1.82) is 0 Å². The fourth-order valence-electron chi connectivity index (χ4n) is 1.33. The Balaban J connectivity index is 2.10. The van der Waals surface area contributed by atoms with E-state index in [1.54, 1.807) is 6.08 Å². The molecule has 0 unspecified atom stereocenters. The van der Waals surface area contributed by atoms with Crippen LogP contribution in [-0.2, 0) is 9.53 Å². The molecule has 0 spiro atoms. The van der Waals surface area contributed by atoms with Crippen molar-refractivity contribution in [1.82, 2.24) is 10.6 Å². The number of amides is 1. The van der Waals surface area contributed by atoms with Gasteiger partial charge in [-0.05, 0) is 13.0 Å². The van der Waals surface area contributed by atoms with E-state index in [0.29, 0.717) is 13.2 Å². The summed E-state index contributed by atoms with van der Waals surface area (Å²) in [4.78, 5) is 11.2. The lowest BCUT2D eigenvalue weighted by Crippen LogP contribution is -2.32. The maximum atomic E-state index is 11.2. The van der Waals surface area contributed by atoms with Crippen molar-refractivity contribution >= 4 is 5.91 Å². The Morgan fingerprint density at radius 3 is 3.27 bits per heavy atom. The molecule has 4 nitrogen and oxygen atoms in total. The van der Waals surface area contributed by atoms with E-state index in [4.69, 9.17) is 4.74 Å². The molecular weight excluding hydrogens is 192 g/mol. The Bertz CT molecular complexity index is 249. The van der Waals surface area contributed by atoms with Gasteiger partial charge >= 0.3 is 0 Å². The first-order chi connectivity index (χ1) is 7.33. The van der Waals surface area contributed by atoms with E-state index in [1.807, 2.05) is 0 Å². The highest BCUT2D eigenvalue weighted by atomic mass is 16.5. The van der Waals surface area contributed by atoms with E-state index in [2.05, 4.69) is 23.3 Å². The molecule has 0 fully saturated rings. The van der Waals surface area contributed by atoms with E-state index in [9.17, 15) is 4.79 Å². The predicted octanol–water partition coefficient (Wildman–Crippen LogP) is 0.225. The first-order valence-corrected chi connectivity index (χ1v) is 5.17. The van der Waals surface area contributed by atoms with Crippen molar-refractivity contribution in [3.05, 3.63) is 24.3 Å². The number of carbonyl (C=O) groups is 1. The third-order valence-electron chi connectivity index (χ3n) is 2.14. The van der Waals surface area contributed by atoms with Crippen LogP contribution in [0.1, 0.15) is 6.42 Å². The van der Waals surface area contributed by atoms with Crippen molar-refractivity contribution in [3.63, 3.8) is 0 Å². The smallest absolute Gasteiger partial charge is 0.246 e. The van der Waals surface area contributed by atoms with Gasteiger partial charge in [0, 0.05) is 13.1 Å². The molecule has 0 aromatic rings. The molecule has 4 heteroatoms. The van der Waals surface area contributed by atoms with Gasteiger partial charge in [-0.3, -0.25) is 4.79 Å². The third-order valence-corrected chi connectivity index (χ3v) is 2.14. The van der Waals surface area contributed by atoms with E-state index in [1.165, 1.54) is 5.57 Å². The summed E-state index contributed by atoms with van der Waals surface area (Å²) >= 11 is 0. The van der Waals surface area contributed by atoms with Crippen LogP contribution < -0.4 is 10.6 Å². The summed E-state index contributed by atoms with van der Waals surface area (Å²) in [6.07, 6.45) is 4.75. The lowest BCUT2D eigenvalue weighted by Gasteiger charge is -2.14. The van der Waals surface area contributed by atoms with Crippen LogP contribution in [0, 0.1) is 0 Å². The monoisotopic (exact) mass is 210 g/mol. The summed E-state index contributed by atoms with van der Waals surface area (Å²) in [5.41, 5.74) is 1.28. The van der Waals surface area contributed by atoms with Crippen LogP contribution in [0.5, 0.6) is 0 Å². The van der Waals surface area contributed by atoms with Crippen molar-refractivity contribution in [3.8, 4) is 0 Å². The fourth-order valence-corrected chi connectivity index (χ4v) is 1.33. The Kier molecular flexibility index (Phi) is 5.73. The molecule has 1 aliphatic rings. The minimum Gasteiger partial charge on any atom is -0.368 e. The van der Waals surface area contributed by atoms with Gasteiger partial charge < -0.3 is 15.4 Å². The van der Waals surface area contributed by atoms with Crippen molar-refractivity contribution < 1.29 is 9.53 Å². The SMILES string of the molecule is C=CCOCC(=O)NCC1=CCNCC1. The summed E-state index contributed by atoms with van der Waals surface area (Å²) in [6, 6.07) is 0. The molecule has 2 N–H and O–H groups in total. The molecular formula is C11H18N2O2. The summed E-state index contributed by atoms with van der Waals surface area (Å²) in [5.74, 6) is -0.0729.